The van der Waals surface area contributed by atoms with Crippen LogP contribution in [0.1, 0.15) is 35.6 Å². The monoisotopic (exact) mass is 533 g/mol. The van der Waals surface area contributed by atoms with Crippen LogP contribution >= 0.6 is 11.6 Å². The Morgan fingerprint density at radius 1 is 1.13 bits per heavy atom. The fourth-order valence-electron chi connectivity index (χ4n) is 5.17. The van der Waals surface area contributed by atoms with Gasteiger partial charge in [-0.2, -0.15) is 5.26 Å². The number of halogens is 3. The Morgan fingerprint density at radius 2 is 1.95 bits per heavy atom. The number of nitrogen functional groups attached to an aromatic ring is 1. The van der Waals surface area contributed by atoms with Gasteiger partial charge in [0.1, 0.15) is 11.5 Å². The van der Waals surface area contributed by atoms with E-state index in [1.807, 2.05) is 36.4 Å². The first-order valence-corrected chi connectivity index (χ1v) is 12.7. The number of benzene rings is 3. The molecule has 1 aliphatic heterocycles. The Labute approximate surface area is 224 Å². The van der Waals surface area contributed by atoms with Gasteiger partial charge in [-0.25, -0.2) is 8.78 Å². The Balaban J connectivity index is 1.24. The topological polar surface area (TPSA) is 92.0 Å². The molecule has 0 unspecified atom stereocenters. The van der Waals surface area contributed by atoms with Crippen molar-refractivity contribution >= 4 is 23.3 Å². The van der Waals surface area contributed by atoms with Crippen molar-refractivity contribution in [1.29, 1.82) is 5.26 Å². The zero-order valence-corrected chi connectivity index (χ0v) is 21.6. The highest BCUT2D eigenvalue weighted by Gasteiger charge is 2.36. The van der Waals surface area contributed by atoms with E-state index in [-0.39, 0.29) is 24.2 Å². The van der Waals surface area contributed by atoms with Gasteiger partial charge in [-0.15, -0.1) is 5.10 Å². The summed E-state index contributed by atoms with van der Waals surface area (Å²) in [6, 6.07) is 19.7. The van der Waals surface area contributed by atoms with Crippen molar-refractivity contribution in [3.8, 4) is 17.5 Å². The smallest absolute Gasteiger partial charge is 0.313 e. The van der Waals surface area contributed by atoms with Gasteiger partial charge in [-0.3, -0.25) is 0 Å². The van der Waals surface area contributed by atoms with E-state index >= 15 is 4.39 Å². The third kappa shape index (κ3) is 5.95. The minimum atomic E-state index is -1.54. The van der Waals surface area contributed by atoms with Crippen molar-refractivity contribution in [3.63, 3.8) is 0 Å². The summed E-state index contributed by atoms with van der Waals surface area (Å²) in [5.41, 5.74) is 8.59. The Morgan fingerprint density at radius 3 is 2.68 bits per heavy atom. The zero-order valence-electron chi connectivity index (χ0n) is 20.8. The number of hydrogen-bond acceptors (Lipinski definition) is 6. The molecule has 6 nitrogen and oxygen atoms in total. The van der Waals surface area contributed by atoms with Crippen LogP contribution < -0.4 is 10.6 Å². The molecule has 9 heteroatoms. The molecular weight excluding hydrogens is 508 g/mol. The molecule has 5 rings (SSSR count). The third-order valence-corrected chi connectivity index (χ3v) is 6.96. The molecule has 2 heterocycles. The van der Waals surface area contributed by atoms with Crippen molar-refractivity contribution in [2.45, 2.75) is 31.9 Å². The number of rotatable bonds is 8. The summed E-state index contributed by atoms with van der Waals surface area (Å²) >= 11 is 6.31. The number of nitriles is 1. The average molecular weight is 534 g/mol. The SMILES string of the molecule is C[C@@](F)(Cc1cc(F)cc(-c2nnc(N)o2)c1)CC1CN(c2cc(Cl)ccc2Cc2cccc(C#N)c2)C1. The van der Waals surface area contributed by atoms with Gasteiger partial charge in [-0.1, -0.05) is 34.9 Å². The maximum atomic E-state index is 15.7. The summed E-state index contributed by atoms with van der Waals surface area (Å²) in [7, 11) is 0. The molecule has 3 aromatic carbocycles. The number of aromatic nitrogens is 2. The minimum Gasteiger partial charge on any atom is -0.404 e. The van der Waals surface area contributed by atoms with Crippen LogP contribution in [0.2, 0.25) is 5.02 Å². The van der Waals surface area contributed by atoms with Crippen molar-refractivity contribution in [2.75, 3.05) is 23.7 Å². The van der Waals surface area contributed by atoms with Crippen LogP contribution in [0.25, 0.3) is 11.5 Å². The second-order valence-electron chi connectivity index (χ2n) is 10.1. The first kappa shape index (κ1) is 25.7. The molecule has 1 aliphatic rings. The highest BCUT2D eigenvalue weighted by Crippen LogP contribution is 2.37. The molecule has 0 bridgehead atoms. The number of nitrogens with two attached hydrogens (primary N) is 1. The number of anilines is 2. The van der Waals surface area contributed by atoms with Gasteiger partial charge < -0.3 is 15.1 Å². The van der Waals surface area contributed by atoms with Gasteiger partial charge in [0.25, 0.3) is 0 Å². The third-order valence-electron chi connectivity index (χ3n) is 6.73. The lowest BCUT2D eigenvalue weighted by Crippen LogP contribution is -2.49. The lowest BCUT2D eigenvalue weighted by Gasteiger charge is -2.44. The fourth-order valence-corrected chi connectivity index (χ4v) is 5.34. The van der Waals surface area contributed by atoms with Crippen LogP contribution in [0.3, 0.4) is 0 Å². The molecule has 194 valence electrons. The van der Waals surface area contributed by atoms with Gasteiger partial charge >= 0.3 is 6.01 Å². The maximum absolute atomic E-state index is 15.7. The van der Waals surface area contributed by atoms with Crippen molar-refractivity contribution in [1.82, 2.24) is 10.2 Å². The molecule has 4 aromatic rings. The van der Waals surface area contributed by atoms with Gasteiger partial charge in [0.05, 0.1) is 11.6 Å². The minimum absolute atomic E-state index is 0.0511. The number of nitrogens with zero attached hydrogens (tertiary/aromatic N) is 4. The molecular formula is C29H26ClF2N5O. The summed E-state index contributed by atoms with van der Waals surface area (Å²) in [5, 5.41) is 17.2. The van der Waals surface area contributed by atoms with E-state index in [0.29, 0.717) is 47.6 Å². The van der Waals surface area contributed by atoms with Gasteiger partial charge in [0.2, 0.25) is 5.89 Å². The van der Waals surface area contributed by atoms with E-state index in [2.05, 4.69) is 21.2 Å². The van der Waals surface area contributed by atoms with Crippen LogP contribution in [0.15, 0.2) is 65.1 Å². The highest BCUT2D eigenvalue weighted by atomic mass is 35.5. The quantitative estimate of drug-likeness (QED) is 0.283. The summed E-state index contributed by atoms with van der Waals surface area (Å²) < 4.78 is 35.1. The zero-order chi connectivity index (χ0) is 26.9. The average Bonchev–Trinajstić information content (AvgIpc) is 3.28. The molecule has 1 aromatic heterocycles. The molecule has 1 fully saturated rings. The number of hydrogen-bond donors (Lipinski definition) is 1. The summed E-state index contributed by atoms with van der Waals surface area (Å²) in [6.07, 6.45) is 1.05. The van der Waals surface area contributed by atoms with Gasteiger partial charge in [-0.05, 0) is 84.8 Å². The second-order valence-corrected chi connectivity index (χ2v) is 10.6. The molecule has 0 amide bonds. The summed E-state index contributed by atoms with van der Waals surface area (Å²) in [5.74, 6) is -0.272. The van der Waals surface area contributed by atoms with E-state index in [0.717, 1.165) is 16.8 Å². The normalized spacial score (nSPS) is 15.1. The summed E-state index contributed by atoms with van der Waals surface area (Å²) in [6.45, 7) is 2.94. The Kier molecular flexibility index (Phi) is 7.04. The van der Waals surface area contributed by atoms with Crippen LogP contribution in [-0.2, 0) is 12.8 Å². The van der Waals surface area contributed by atoms with E-state index in [4.69, 9.17) is 21.8 Å². The van der Waals surface area contributed by atoms with E-state index < -0.39 is 11.5 Å². The largest absolute Gasteiger partial charge is 0.404 e. The van der Waals surface area contributed by atoms with Gasteiger partial charge in [0, 0.05) is 35.8 Å². The first-order chi connectivity index (χ1) is 18.2. The molecule has 0 saturated carbocycles. The molecule has 0 radical (unpaired) electrons. The van der Waals surface area contributed by atoms with E-state index in [1.165, 1.54) is 12.1 Å². The standard InChI is InChI=1S/C29H26ClF2N5O/c1-29(32,13-20-9-23(11-25(31)10-20)27-35-36-28(34)38-27)14-21-16-37(17-21)26-12-24(30)6-5-22(26)8-18-3-2-4-19(7-18)15-33/h2-7,9-12,21H,8,13-14,16-17H2,1H3,(H2,34,36)/t29-/m1/s1. The Bertz CT molecular complexity index is 1510. The van der Waals surface area contributed by atoms with E-state index in [1.54, 1.807) is 19.1 Å². The second kappa shape index (κ2) is 10.4. The predicted octanol–water partition coefficient (Wildman–Crippen LogP) is 6.37. The molecule has 1 atom stereocenters. The number of alkyl halides is 1. The van der Waals surface area contributed by atoms with Crippen molar-refractivity contribution < 1.29 is 13.2 Å². The van der Waals surface area contributed by atoms with Crippen molar-refractivity contribution in [2.24, 2.45) is 5.92 Å². The van der Waals surface area contributed by atoms with Crippen molar-refractivity contribution in [3.05, 3.63) is 93.8 Å². The first-order valence-electron chi connectivity index (χ1n) is 12.3. The highest BCUT2D eigenvalue weighted by molar-refractivity contribution is 6.30. The van der Waals surface area contributed by atoms with Crippen LogP contribution in [0, 0.1) is 23.1 Å². The Hall–Kier alpha value is -3.96. The van der Waals surface area contributed by atoms with Crippen LogP contribution in [0.5, 0.6) is 0 Å². The molecule has 0 spiro atoms. The predicted molar refractivity (Wildman–Crippen MR) is 143 cm³/mol. The molecule has 38 heavy (non-hydrogen) atoms. The van der Waals surface area contributed by atoms with E-state index in [9.17, 15) is 9.65 Å². The fraction of sp³-hybridized carbons (Fsp3) is 0.276. The van der Waals surface area contributed by atoms with Crippen LogP contribution in [-0.4, -0.2) is 29.0 Å². The van der Waals surface area contributed by atoms with Gasteiger partial charge in [0.15, 0.2) is 0 Å². The maximum Gasteiger partial charge on any atom is 0.313 e. The molecule has 2 N–H and O–H groups in total. The molecule has 0 aliphatic carbocycles. The lowest BCUT2D eigenvalue weighted by molar-refractivity contribution is 0.134. The summed E-state index contributed by atoms with van der Waals surface area (Å²) in [4.78, 5) is 2.20. The van der Waals surface area contributed by atoms with Crippen LogP contribution in [0.4, 0.5) is 20.5 Å². The lowest BCUT2D eigenvalue weighted by atomic mass is 9.83. The molecule has 1 saturated heterocycles.